The minimum atomic E-state index is -0.584. The van der Waals surface area contributed by atoms with Crippen molar-refractivity contribution in [2.24, 2.45) is 5.92 Å². The second kappa shape index (κ2) is 13.4. The highest BCUT2D eigenvalue weighted by Crippen LogP contribution is 2.29. The van der Waals surface area contributed by atoms with Crippen molar-refractivity contribution in [3.8, 4) is 0 Å². The molecule has 208 valence electrons. The molecule has 0 aromatic heterocycles. The summed E-state index contributed by atoms with van der Waals surface area (Å²) in [5.74, 6) is -0.123. The predicted molar refractivity (Wildman–Crippen MR) is 160 cm³/mol. The third-order valence-corrected chi connectivity index (χ3v) is 7.99. The summed E-state index contributed by atoms with van der Waals surface area (Å²) >= 11 is 0. The third-order valence-electron chi connectivity index (χ3n) is 7.99. The number of benzene rings is 3. The minimum Gasteiger partial charge on any atom is -0.378 e. The summed E-state index contributed by atoms with van der Waals surface area (Å²) in [4.78, 5) is 32.2. The summed E-state index contributed by atoms with van der Waals surface area (Å²) < 4.78 is 5.47. The summed E-state index contributed by atoms with van der Waals surface area (Å²) in [5.41, 5.74) is 4.98. The lowest BCUT2D eigenvalue weighted by atomic mass is 9.85. The van der Waals surface area contributed by atoms with E-state index >= 15 is 0 Å². The number of amides is 2. The Morgan fingerprint density at radius 2 is 1.68 bits per heavy atom. The largest absolute Gasteiger partial charge is 0.378 e. The molecule has 3 aromatic rings. The van der Waals surface area contributed by atoms with Crippen LogP contribution in [0.4, 0.5) is 11.4 Å². The molecular weight excluding hydrogens is 498 g/mol. The molecule has 40 heavy (non-hydrogen) atoms. The van der Waals surface area contributed by atoms with E-state index in [1.165, 1.54) is 0 Å². The van der Waals surface area contributed by atoms with Crippen LogP contribution in [0, 0.1) is 12.8 Å². The van der Waals surface area contributed by atoms with Crippen LogP contribution in [0.15, 0.2) is 91.0 Å². The van der Waals surface area contributed by atoms with Gasteiger partial charge in [0.25, 0.3) is 0 Å². The van der Waals surface area contributed by atoms with E-state index in [0.717, 1.165) is 73.6 Å². The van der Waals surface area contributed by atoms with Crippen LogP contribution in [0.2, 0.25) is 0 Å². The molecule has 0 spiro atoms. The number of rotatable bonds is 9. The van der Waals surface area contributed by atoms with Crippen molar-refractivity contribution >= 4 is 23.2 Å². The molecule has 3 aromatic carbocycles. The molecule has 1 N–H and O–H groups in total. The first kappa shape index (κ1) is 27.7. The van der Waals surface area contributed by atoms with Gasteiger partial charge in [0.2, 0.25) is 11.8 Å². The first-order valence-electron chi connectivity index (χ1n) is 14.3. The van der Waals surface area contributed by atoms with Gasteiger partial charge in [-0.2, -0.15) is 0 Å². The molecular formula is C34H39N3O3. The Kier molecular flexibility index (Phi) is 9.30. The maximum atomic E-state index is 14.1. The van der Waals surface area contributed by atoms with Gasteiger partial charge in [0.1, 0.15) is 6.04 Å². The number of ether oxygens (including phenoxy) is 1. The molecule has 2 aliphatic rings. The molecule has 1 heterocycles. The molecule has 5 rings (SSSR count). The topological polar surface area (TPSA) is 61.9 Å². The van der Waals surface area contributed by atoms with Gasteiger partial charge in [-0.05, 0) is 73.1 Å². The van der Waals surface area contributed by atoms with Crippen molar-refractivity contribution in [2.75, 3.05) is 36.5 Å². The highest BCUT2D eigenvalue weighted by atomic mass is 16.5. The van der Waals surface area contributed by atoms with Crippen LogP contribution in [-0.2, 0) is 27.3 Å². The Morgan fingerprint density at radius 1 is 0.950 bits per heavy atom. The van der Waals surface area contributed by atoms with Crippen molar-refractivity contribution in [3.63, 3.8) is 0 Å². The number of anilines is 2. The summed E-state index contributed by atoms with van der Waals surface area (Å²) in [6, 6.07) is 25.3. The molecule has 6 heteroatoms. The van der Waals surface area contributed by atoms with Crippen molar-refractivity contribution in [1.82, 2.24) is 4.90 Å². The fourth-order valence-corrected chi connectivity index (χ4v) is 5.69. The lowest BCUT2D eigenvalue weighted by Crippen LogP contribution is -2.51. The van der Waals surface area contributed by atoms with Gasteiger partial charge in [0, 0.05) is 31.0 Å². The van der Waals surface area contributed by atoms with Gasteiger partial charge in [-0.25, -0.2) is 0 Å². The van der Waals surface area contributed by atoms with Crippen molar-refractivity contribution in [2.45, 2.75) is 45.2 Å². The zero-order valence-electron chi connectivity index (χ0n) is 23.3. The average molecular weight is 538 g/mol. The molecule has 2 unspecified atom stereocenters. The highest BCUT2D eigenvalue weighted by Gasteiger charge is 2.36. The maximum absolute atomic E-state index is 14.1. The lowest BCUT2D eigenvalue weighted by molar-refractivity contribution is -0.141. The van der Waals surface area contributed by atoms with E-state index in [-0.39, 0.29) is 24.2 Å². The number of hydrogen-bond donors (Lipinski definition) is 1. The summed E-state index contributed by atoms with van der Waals surface area (Å²) in [6.45, 7) is 5.63. The van der Waals surface area contributed by atoms with E-state index in [1.54, 1.807) is 0 Å². The normalized spacial score (nSPS) is 17.7. The number of nitrogens with one attached hydrogen (secondary N) is 1. The van der Waals surface area contributed by atoms with Gasteiger partial charge in [-0.15, -0.1) is 0 Å². The standard InChI is InChI=1S/C34H39N3O3/c1-26-10-8-9-15-29(26)25-37(32(38)24-27-11-4-2-5-12-27)33(28-13-6-3-7-14-28)34(39)35-30-16-18-31(19-17-30)36-20-22-40-23-21-36/h2-6,8-12,15-19,28,33H,7,13-14,20-25H2,1H3,(H,35,39). The van der Waals surface area contributed by atoms with Crippen LogP contribution in [0.25, 0.3) is 0 Å². The van der Waals surface area contributed by atoms with Gasteiger partial charge in [0.05, 0.1) is 19.6 Å². The first-order valence-corrected chi connectivity index (χ1v) is 14.3. The predicted octanol–water partition coefficient (Wildman–Crippen LogP) is 5.77. The number of morpholine rings is 1. The van der Waals surface area contributed by atoms with Crippen molar-refractivity contribution in [1.29, 1.82) is 0 Å². The Morgan fingerprint density at radius 3 is 2.38 bits per heavy atom. The number of carbonyl (C=O) groups excluding carboxylic acids is 2. The Balaban J connectivity index is 1.42. The molecule has 1 aliphatic carbocycles. The molecule has 2 amide bonds. The Labute approximate surface area is 237 Å². The zero-order chi connectivity index (χ0) is 27.7. The van der Waals surface area contributed by atoms with Crippen LogP contribution >= 0.6 is 0 Å². The number of allylic oxidation sites excluding steroid dienone is 2. The molecule has 6 nitrogen and oxygen atoms in total. The number of aryl methyl sites for hydroxylation is 1. The number of carbonyl (C=O) groups is 2. The van der Waals surface area contributed by atoms with E-state index in [0.29, 0.717) is 6.54 Å². The fourth-order valence-electron chi connectivity index (χ4n) is 5.69. The van der Waals surface area contributed by atoms with Crippen LogP contribution in [0.1, 0.15) is 36.0 Å². The van der Waals surface area contributed by atoms with Gasteiger partial charge in [-0.1, -0.05) is 66.7 Å². The van der Waals surface area contributed by atoms with E-state index < -0.39 is 6.04 Å². The van der Waals surface area contributed by atoms with E-state index in [2.05, 4.69) is 41.4 Å². The third kappa shape index (κ3) is 6.99. The van der Waals surface area contributed by atoms with Gasteiger partial charge < -0.3 is 19.9 Å². The molecule has 1 fully saturated rings. The monoisotopic (exact) mass is 537 g/mol. The first-order chi connectivity index (χ1) is 19.6. The van der Waals surface area contributed by atoms with E-state index in [1.807, 2.05) is 71.6 Å². The summed E-state index contributed by atoms with van der Waals surface area (Å²) in [6.07, 6.45) is 7.14. The molecule has 0 bridgehead atoms. The second-order valence-electron chi connectivity index (χ2n) is 10.7. The fraction of sp³-hybridized carbons (Fsp3) is 0.353. The Hall–Kier alpha value is -3.90. The maximum Gasteiger partial charge on any atom is 0.247 e. The van der Waals surface area contributed by atoms with Crippen molar-refractivity contribution in [3.05, 3.63) is 108 Å². The van der Waals surface area contributed by atoms with Crippen LogP contribution in [0.5, 0.6) is 0 Å². The number of nitrogens with zero attached hydrogens (tertiary/aromatic N) is 2. The quantitative estimate of drug-likeness (QED) is 0.352. The summed E-state index contributed by atoms with van der Waals surface area (Å²) in [5, 5.41) is 3.17. The molecule has 0 saturated carbocycles. The zero-order valence-corrected chi connectivity index (χ0v) is 23.3. The second-order valence-corrected chi connectivity index (χ2v) is 10.7. The van der Waals surface area contributed by atoms with Crippen molar-refractivity contribution < 1.29 is 14.3 Å². The van der Waals surface area contributed by atoms with Crippen LogP contribution < -0.4 is 10.2 Å². The molecule has 2 atom stereocenters. The SMILES string of the molecule is Cc1ccccc1CN(C(=O)Cc1ccccc1)C(C(=O)Nc1ccc(N2CCOCC2)cc1)C1CC=CCC1. The average Bonchev–Trinajstić information content (AvgIpc) is 3.00. The van der Waals surface area contributed by atoms with Crippen LogP contribution in [0.3, 0.4) is 0 Å². The summed E-state index contributed by atoms with van der Waals surface area (Å²) in [7, 11) is 0. The highest BCUT2D eigenvalue weighted by molar-refractivity contribution is 5.97. The van der Waals surface area contributed by atoms with E-state index in [4.69, 9.17) is 4.74 Å². The number of hydrogen-bond acceptors (Lipinski definition) is 4. The van der Waals surface area contributed by atoms with Gasteiger partial charge in [0.15, 0.2) is 0 Å². The van der Waals surface area contributed by atoms with E-state index in [9.17, 15) is 9.59 Å². The molecule has 1 saturated heterocycles. The van der Waals surface area contributed by atoms with Crippen LogP contribution in [-0.4, -0.2) is 49.1 Å². The minimum absolute atomic E-state index is 0.0354. The van der Waals surface area contributed by atoms with Gasteiger partial charge in [-0.3, -0.25) is 9.59 Å². The molecule has 1 aliphatic heterocycles. The lowest BCUT2D eigenvalue weighted by Gasteiger charge is -2.37. The smallest absolute Gasteiger partial charge is 0.247 e. The Bertz CT molecular complexity index is 1300. The molecule has 0 radical (unpaired) electrons. The van der Waals surface area contributed by atoms with Gasteiger partial charge >= 0.3 is 0 Å².